The Balaban J connectivity index is 1.28. The Bertz CT molecular complexity index is 1270. The molecule has 0 aromatic heterocycles. The Kier molecular flexibility index (Phi) is 11.1. The third kappa shape index (κ3) is 10.3. The molecule has 4 aromatic rings. The SMILES string of the molecule is CC(C)(C)c1ccc(COc2ccc(CN(CCCN)Cc3ccc(OCc4ccc(C(C)(C)C)cc4)cc3)cc2)cc1. The molecule has 0 amide bonds. The molecular weight excluding hydrogens is 528 g/mol. The number of nitrogens with zero attached hydrogens (tertiary/aromatic N) is 1. The minimum atomic E-state index is 0.158. The molecule has 4 nitrogen and oxygen atoms in total. The van der Waals surface area contributed by atoms with E-state index in [4.69, 9.17) is 15.2 Å². The molecule has 0 saturated heterocycles. The van der Waals surface area contributed by atoms with Gasteiger partial charge in [-0.15, -0.1) is 0 Å². The molecule has 0 fully saturated rings. The van der Waals surface area contributed by atoms with E-state index in [1.165, 1.54) is 33.4 Å². The van der Waals surface area contributed by atoms with E-state index in [-0.39, 0.29) is 10.8 Å². The molecule has 0 saturated carbocycles. The fraction of sp³-hybridized carbons (Fsp3) is 0.385. The van der Waals surface area contributed by atoms with Crippen LogP contribution in [0.5, 0.6) is 11.5 Å². The van der Waals surface area contributed by atoms with Crippen molar-refractivity contribution in [2.45, 2.75) is 85.1 Å². The predicted octanol–water partition coefficient (Wildman–Crippen LogP) is 8.79. The van der Waals surface area contributed by atoms with Crippen molar-refractivity contribution >= 4 is 0 Å². The summed E-state index contributed by atoms with van der Waals surface area (Å²) in [5, 5.41) is 0. The van der Waals surface area contributed by atoms with Gasteiger partial charge in [-0.3, -0.25) is 4.90 Å². The number of rotatable bonds is 13. The molecule has 0 aliphatic heterocycles. The molecule has 0 radical (unpaired) electrons. The Morgan fingerprint density at radius 2 is 0.860 bits per heavy atom. The van der Waals surface area contributed by atoms with E-state index in [0.29, 0.717) is 19.8 Å². The van der Waals surface area contributed by atoms with E-state index in [2.05, 4.69) is 144 Å². The normalized spacial score (nSPS) is 12.0. The van der Waals surface area contributed by atoms with Gasteiger partial charge in [-0.25, -0.2) is 0 Å². The molecule has 0 aliphatic carbocycles. The summed E-state index contributed by atoms with van der Waals surface area (Å²) in [5.41, 5.74) is 13.7. The van der Waals surface area contributed by atoms with Crippen LogP contribution in [-0.4, -0.2) is 18.0 Å². The van der Waals surface area contributed by atoms with Gasteiger partial charge in [-0.05, 0) is 81.4 Å². The van der Waals surface area contributed by atoms with Gasteiger partial charge in [0, 0.05) is 19.6 Å². The Morgan fingerprint density at radius 3 is 1.19 bits per heavy atom. The van der Waals surface area contributed by atoms with Crippen LogP contribution < -0.4 is 15.2 Å². The summed E-state index contributed by atoms with van der Waals surface area (Å²) in [6, 6.07) is 34.4. The quantitative estimate of drug-likeness (QED) is 0.172. The third-order valence-corrected chi connectivity index (χ3v) is 7.79. The van der Waals surface area contributed by atoms with Crippen LogP contribution in [0.3, 0.4) is 0 Å². The Hall–Kier alpha value is -3.60. The minimum Gasteiger partial charge on any atom is -0.489 e. The lowest BCUT2D eigenvalue weighted by atomic mass is 9.87. The molecule has 4 heteroatoms. The lowest BCUT2D eigenvalue weighted by molar-refractivity contribution is 0.254. The molecule has 0 unspecified atom stereocenters. The second kappa shape index (κ2) is 14.7. The maximum atomic E-state index is 6.07. The lowest BCUT2D eigenvalue weighted by Crippen LogP contribution is -2.25. The zero-order valence-corrected chi connectivity index (χ0v) is 27.0. The Labute approximate surface area is 259 Å². The number of hydrogen-bond donors (Lipinski definition) is 1. The highest BCUT2D eigenvalue weighted by Crippen LogP contribution is 2.24. The van der Waals surface area contributed by atoms with Gasteiger partial charge in [0.1, 0.15) is 24.7 Å². The highest BCUT2D eigenvalue weighted by atomic mass is 16.5. The molecule has 4 aromatic carbocycles. The van der Waals surface area contributed by atoms with Gasteiger partial charge in [0.2, 0.25) is 0 Å². The van der Waals surface area contributed by atoms with E-state index in [9.17, 15) is 0 Å². The number of benzene rings is 4. The van der Waals surface area contributed by atoms with Crippen molar-refractivity contribution < 1.29 is 9.47 Å². The van der Waals surface area contributed by atoms with Crippen LogP contribution in [-0.2, 0) is 37.1 Å². The molecule has 2 N–H and O–H groups in total. The molecule has 43 heavy (non-hydrogen) atoms. The molecule has 0 spiro atoms. The summed E-state index contributed by atoms with van der Waals surface area (Å²) in [6.45, 7) is 17.9. The Morgan fingerprint density at radius 1 is 0.512 bits per heavy atom. The lowest BCUT2D eigenvalue weighted by Gasteiger charge is -2.23. The van der Waals surface area contributed by atoms with Gasteiger partial charge >= 0.3 is 0 Å². The van der Waals surface area contributed by atoms with Crippen LogP contribution in [0.25, 0.3) is 0 Å². The first kappa shape index (κ1) is 32.3. The summed E-state index contributed by atoms with van der Waals surface area (Å²) in [5.74, 6) is 1.77. The number of nitrogens with two attached hydrogens (primary N) is 1. The fourth-order valence-electron chi connectivity index (χ4n) is 4.96. The van der Waals surface area contributed by atoms with E-state index in [0.717, 1.165) is 37.6 Å². The molecule has 0 bridgehead atoms. The van der Waals surface area contributed by atoms with Crippen molar-refractivity contribution in [3.63, 3.8) is 0 Å². The standard InChI is InChI=1S/C39H50N2O2/c1-38(2,3)34-16-8-32(9-17-34)28-42-36-20-12-30(13-21-36)26-41(25-7-24-40)27-31-14-22-37(23-15-31)43-29-33-10-18-35(19-11-33)39(4,5)6/h8-23H,7,24-29,40H2,1-6H3. The summed E-state index contributed by atoms with van der Waals surface area (Å²) < 4.78 is 12.1. The fourth-order valence-corrected chi connectivity index (χ4v) is 4.96. The van der Waals surface area contributed by atoms with Crippen LogP contribution in [0.4, 0.5) is 0 Å². The molecule has 0 atom stereocenters. The monoisotopic (exact) mass is 578 g/mol. The van der Waals surface area contributed by atoms with E-state index >= 15 is 0 Å². The first-order valence-corrected chi connectivity index (χ1v) is 15.5. The van der Waals surface area contributed by atoms with Crippen molar-refractivity contribution in [1.29, 1.82) is 0 Å². The van der Waals surface area contributed by atoms with Gasteiger partial charge in [-0.2, -0.15) is 0 Å². The second-order valence-corrected chi connectivity index (χ2v) is 13.6. The minimum absolute atomic E-state index is 0.158. The van der Waals surface area contributed by atoms with E-state index in [1.807, 2.05) is 0 Å². The molecule has 0 aliphatic rings. The highest BCUT2D eigenvalue weighted by Gasteiger charge is 2.14. The van der Waals surface area contributed by atoms with Crippen molar-refractivity contribution in [1.82, 2.24) is 4.90 Å². The van der Waals surface area contributed by atoms with Gasteiger partial charge in [-0.1, -0.05) is 114 Å². The largest absolute Gasteiger partial charge is 0.489 e. The van der Waals surface area contributed by atoms with E-state index < -0.39 is 0 Å². The predicted molar refractivity (Wildman–Crippen MR) is 180 cm³/mol. The molecular formula is C39H50N2O2. The zero-order valence-electron chi connectivity index (χ0n) is 27.0. The second-order valence-electron chi connectivity index (χ2n) is 13.6. The average molecular weight is 579 g/mol. The van der Waals surface area contributed by atoms with E-state index in [1.54, 1.807) is 0 Å². The summed E-state index contributed by atoms with van der Waals surface area (Å²) in [7, 11) is 0. The molecule has 0 heterocycles. The zero-order chi connectivity index (χ0) is 30.9. The summed E-state index contributed by atoms with van der Waals surface area (Å²) in [6.07, 6.45) is 0.963. The average Bonchev–Trinajstić information content (AvgIpc) is 2.98. The van der Waals surface area contributed by atoms with Crippen LogP contribution in [0, 0.1) is 0 Å². The highest BCUT2D eigenvalue weighted by molar-refractivity contribution is 5.32. The maximum absolute atomic E-state index is 6.07. The van der Waals surface area contributed by atoms with Crippen LogP contribution >= 0.6 is 0 Å². The smallest absolute Gasteiger partial charge is 0.119 e. The third-order valence-electron chi connectivity index (χ3n) is 7.79. The van der Waals surface area contributed by atoms with Crippen molar-refractivity contribution in [2.75, 3.05) is 13.1 Å². The van der Waals surface area contributed by atoms with Gasteiger partial charge in [0.25, 0.3) is 0 Å². The number of ether oxygens (including phenoxy) is 2. The maximum Gasteiger partial charge on any atom is 0.119 e. The topological polar surface area (TPSA) is 47.7 Å². The van der Waals surface area contributed by atoms with Gasteiger partial charge in [0.15, 0.2) is 0 Å². The first-order chi connectivity index (χ1) is 20.5. The summed E-state index contributed by atoms with van der Waals surface area (Å²) in [4.78, 5) is 2.45. The van der Waals surface area contributed by atoms with Crippen molar-refractivity contribution in [3.8, 4) is 11.5 Å². The van der Waals surface area contributed by atoms with Crippen molar-refractivity contribution in [2.24, 2.45) is 5.73 Å². The van der Waals surface area contributed by atoms with Crippen LogP contribution in [0.1, 0.15) is 81.3 Å². The van der Waals surface area contributed by atoms with Crippen molar-refractivity contribution in [3.05, 3.63) is 130 Å². The van der Waals surface area contributed by atoms with Gasteiger partial charge in [0.05, 0.1) is 0 Å². The van der Waals surface area contributed by atoms with Crippen LogP contribution in [0.2, 0.25) is 0 Å². The molecule has 228 valence electrons. The van der Waals surface area contributed by atoms with Gasteiger partial charge < -0.3 is 15.2 Å². The summed E-state index contributed by atoms with van der Waals surface area (Å²) >= 11 is 0. The first-order valence-electron chi connectivity index (χ1n) is 15.5. The number of hydrogen-bond acceptors (Lipinski definition) is 4. The molecule has 4 rings (SSSR count). The van der Waals surface area contributed by atoms with Crippen LogP contribution in [0.15, 0.2) is 97.1 Å².